The number of fused-ring (bicyclic) bond motifs is 4. The Hall–Kier alpha value is -4.91. The largest absolute Gasteiger partial charge is 0.322 e. The zero-order valence-electron chi connectivity index (χ0n) is 21.7. The topological polar surface area (TPSA) is 57.6 Å². The van der Waals surface area contributed by atoms with Crippen LogP contribution in [0.5, 0.6) is 0 Å². The lowest BCUT2D eigenvalue weighted by Gasteiger charge is -2.39. The quantitative estimate of drug-likeness (QED) is 0.269. The molecule has 6 nitrogen and oxygen atoms in total. The number of urea groups is 1. The lowest BCUT2D eigenvalue weighted by Crippen LogP contribution is -2.48. The number of aromatic nitrogens is 1. The second-order valence-corrected chi connectivity index (χ2v) is 10.3. The molecule has 0 radical (unpaired) electrons. The van der Waals surface area contributed by atoms with E-state index in [0.29, 0.717) is 5.69 Å². The van der Waals surface area contributed by atoms with E-state index in [4.69, 9.17) is 0 Å². The number of halogens is 1. The van der Waals surface area contributed by atoms with Crippen molar-refractivity contribution >= 4 is 34.1 Å². The zero-order chi connectivity index (χ0) is 27.2. The predicted octanol–water partition coefficient (Wildman–Crippen LogP) is 6.90. The summed E-state index contributed by atoms with van der Waals surface area (Å²) in [6, 6.07) is 30.9. The van der Waals surface area contributed by atoms with E-state index in [1.54, 1.807) is 21.9 Å². The van der Waals surface area contributed by atoms with Gasteiger partial charge in [0.05, 0.1) is 22.8 Å². The molecule has 2 aliphatic rings. The third-order valence-electron chi connectivity index (χ3n) is 7.76. The Morgan fingerprint density at radius 1 is 0.825 bits per heavy atom. The van der Waals surface area contributed by atoms with Crippen LogP contribution in [-0.4, -0.2) is 34.0 Å². The zero-order valence-corrected chi connectivity index (χ0v) is 21.7. The van der Waals surface area contributed by atoms with Gasteiger partial charge in [0.25, 0.3) is 0 Å². The summed E-state index contributed by atoms with van der Waals surface area (Å²) in [4.78, 5) is 31.3. The molecule has 1 fully saturated rings. The smallest absolute Gasteiger partial charge is 0.316 e. The SMILES string of the molecule is O=C(Nc1cccc2ccccc12)N(CC(=O)N1c2ccccc2-n2cccc2C1c1ccc(F)cc1)C1CC1. The molecular weight excluding hydrogens is 503 g/mol. The Morgan fingerprint density at radius 3 is 2.35 bits per heavy atom. The molecule has 1 saturated carbocycles. The summed E-state index contributed by atoms with van der Waals surface area (Å²) in [6.07, 6.45) is 3.69. The van der Waals surface area contributed by atoms with Crippen molar-refractivity contribution in [1.82, 2.24) is 9.47 Å². The number of carbonyl (C=O) groups excluding carboxylic acids is 2. The number of nitrogens with one attached hydrogen (secondary N) is 1. The van der Waals surface area contributed by atoms with Gasteiger partial charge in [-0.2, -0.15) is 0 Å². The minimum atomic E-state index is -0.472. The van der Waals surface area contributed by atoms with E-state index in [0.717, 1.165) is 46.2 Å². The maximum absolute atomic E-state index is 14.3. The molecule has 1 aliphatic heterocycles. The fraction of sp³-hybridized carbons (Fsp3) is 0.152. The number of para-hydroxylation sites is 2. The molecular formula is C33H27FN4O2. The number of benzene rings is 4. The summed E-state index contributed by atoms with van der Waals surface area (Å²) in [5, 5.41) is 5.04. The average molecular weight is 531 g/mol. The van der Waals surface area contributed by atoms with Crippen LogP contribution in [0.25, 0.3) is 16.5 Å². The highest BCUT2D eigenvalue weighted by molar-refractivity contribution is 6.04. The van der Waals surface area contributed by atoms with Crippen LogP contribution in [0, 0.1) is 5.82 Å². The second-order valence-electron chi connectivity index (χ2n) is 10.3. The number of hydrogen-bond donors (Lipinski definition) is 1. The van der Waals surface area contributed by atoms with E-state index in [9.17, 15) is 14.0 Å². The van der Waals surface area contributed by atoms with Crippen LogP contribution in [0.4, 0.5) is 20.6 Å². The molecule has 1 aromatic heterocycles. The maximum Gasteiger partial charge on any atom is 0.322 e. The number of anilines is 2. The highest BCUT2D eigenvalue weighted by atomic mass is 19.1. The molecule has 1 unspecified atom stereocenters. The summed E-state index contributed by atoms with van der Waals surface area (Å²) in [5.74, 6) is -0.535. The summed E-state index contributed by atoms with van der Waals surface area (Å²) >= 11 is 0. The van der Waals surface area contributed by atoms with Gasteiger partial charge in [0, 0.05) is 17.6 Å². The van der Waals surface area contributed by atoms with Gasteiger partial charge in [-0.1, -0.05) is 60.7 Å². The van der Waals surface area contributed by atoms with Gasteiger partial charge in [0.15, 0.2) is 0 Å². The lowest BCUT2D eigenvalue weighted by molar-refractivity contribution is -0.119. The fourth-order valence-corrected chi connectivity index (χ4v) is 5.72. The molecule has 40 heavy (non-hydrogen) atoms. The van der Waals surface area contributed by atoms with Crippen molar-refractivity contribution in [1.29, 1.82) is 0 Å². The van der Waals surface area contributed by atoms with Crippen molar-refractivity contribution in [2.75, 3.05) is 16.8 Å². The van der Waals surface area contributed by atoms with Crippen molar-refractivity contribution in [2.24, 2.45) is 0 Å². The normalized spacial score (nSPS) is 15.8. The molecule has 2 heterocycles. The van der Waals surface area contributed by atoms with Crippen molar-refractivity contribution < 1.29 is 14.0 Å². The molecule has 198 valence electrons. The van der Waals surface area contributed by atoms with Gasteiger partial charge in [-0.3, -0.25) is 9.69 Å². The molecule has 0 spiro atoms. The van der Waals surface area contributed by atoms with Crippen LogP contribution >= 0.6 is 0 Å². The molecule has 3 amide bonds. The minimum Gasteiger partial charge on any atom is -0.316 e. The van der Waals surface area contributed by atoms with Gasteiger partial charge in [-0.05, 0) is 66.3 Å². The molecule has 5 aromatic rings. The molecule has 4 aromatic carbocycles. The lowest BCUT2D eigenvalue weighted by atomic mass is 9.97. The molecule has 7 heteroatoms. The van der Waals surface area contributed by atoms with Gasteiger partial charge in [0.1, 0.15) is 18.4 Å². The first kappa shape index (κ1) is 24.2. The Labute approximate surface area is 231 Å². The standard InChI is InChI=1S/C33H27FN4O2/c34-24-16-14-23(15-17-24)32-30-13-6-20-36(30)28-11-3-4-12-29(28)38(32)31(39)21-37(25-18-19-25)33(40)35-27-10-5-8-22-7-1-2-9-26(22)27/h1-17,20,25,32H,18-19,21H2,(H,35,40). The van der Waals surface area contributed by atoms with E-state index in [2.05, 4.69) is 9.88 Å². The third-order valence-corrected chi connectivity index (χ3v) is 7.76. The van der Waals surface area contributed by atoms with E-state index in [-0.39, 0.29) is 30.3 Å². The van der Waals surface area contributed by atoms with E-state index < -0.39 is 6.04 Å². The molecule has 1 atom stereocenters. The first-order valence-corrected chi connectivity index (χ1v) is 13.5. The first-order chi connectivity index (χ1) is 19.6. The highest BCUT2D eigenvalue weighted by Crippen LogP contribution is 2.42. The van der Waals surface area contributed by atoms with Gasteiger partial charge in [-0.15, -0.1) is 0 Å². The maximum atomic E-state index is 14.3. The van der Waals surface area contributed by atoms with Crippen LogP contribution in [0.3, 0.4) is 0 Å². The number of nitrogens with zero attached hydrogens (tertiary/aromatic N) is 3. The molecule has 1 N–H and O–H groups in total. The molecule has 0 saturated heterocycles. The van der Waals surface area contributed by atoms with Crippen molar-refractivity contribution in [3.05, 3.63) is 126 Å². The van der Waals surface area contributed by atoms with Crippen LogP contribution in [0.1, 0.15) is 30.1 Å². The van der Waals surface area contributed by atoms with E-state index in [1.165, 1.54) is 12.1 Å². The van der Waals surface area contributed by atoms with Gasteiger partial charge < -0.3 is 14.8 Å². The van der Waals surface area contributed by atoms with Gasteiger partial charge in [-0.25, -0.2) is 9.18 Å². The van der Waals surface area contributed by atoms with Gasteiger partial charge in [0.2, 0.25) is 5.91 Å². The van der Waals surface area contributed by atoms with E-state index >= 15 is 0 Å². The molecule has 1 aliphatic carbocycles. The fourth-order valence-electron chi connectivity index (χ4n) is 5.72. The summed E-state index contributed by atoms with van der Waals surface area (Å²) < 4.78 is 15.9. The number of carbonyl (C=O) groups is 2. The highest BCUT2D eigenvalue weighted by Gasteiger charge is 2.40. The Morgan fingerprint density at radius 2 is 1.55 bits per heavy atom. The summed E-state index contributed by atoms with van der Waals surface area (Å²) in [5.41, 5.74) is 4.04. The van der Waals surface area contributed by atoms with Crippen LogP contribution in [0.15, 0.2) is 109 Å². The summed E-state index contributed by atoms with van der Waals surface area (Å²) in [7, 11) is 0. The Balaban J connectivity index is 1.24. The van der Waals surface area contributed by atoms with Crippen molar-refractivity contribution in [2.45, 2.75) is 24.9 Å². The first-order valence-electron chi connectivity index (χ1n) is 13.5. The summed E-state index contributed by atoms with van der Waals surface area (Å²) in [6.45, 7) is -0.0754. The number of hydrogen-bond acceptors (Lipinski definition) is 2. The average Bonchev–Trinajstić information content (AvgIpc) is 3.70. The van der Waals surface area contributed by atoms with Crippen LogP contribution < -0.4 is 10.2 Å². The monoisotopic (exact) mass is 530 g/mol. The predicted molar refractivity (Wildman–Crippen MR) is 154 cm³/mol. The van der Waals surface area contributed by atoms with E-state index in [1.807, 2.05) is 85.1 Å². The van der Waals surface area contributed by atoms with Crippen molar-refractivity contribution in [3.63, 3.8) is 0 Å². The second kappa shape index (κ2) is 9.68. The third kappa shape index (κ3) is 4.20. The van der Waals surface area contributed by atoms with Crippen molar-refractivity contribution in [3.8, 4) is 5.69 Å². The molecule has 7 rings (SSSR count). The molecule has 0 bridgehead atoms. The minimum absolute atomic E-state index is 0.00657. The van der Waals surface area contributed by atoms with Gasteiger partial charge >= 0.3 is 6.03 Å². The Kier molecular flexibility index (Phi) is 5.85. The Bertz CT molecular complexity index is 1740. The number of amides is 3. The van der Waals surface area contributed by atoms with Crippen LogP contribution in [0.2, 0.25) is 0 Å². The number of rotatable bonds is 5. The van der Waals surface area contributed by atoms with Crippen LogP contribution in [-0.2, 0) is 4.79 Å².